The highest BCUT2D eigenvalue weighted by molar-refractivity contribution is 6.77. The van der Waals surface area contributed by atoms with Crippen LogP contribution in [0.25, 0.3) is 0 Å². The predicted molar refractivity (Wildman–Crippen MR) is 96.2 cm³/mol. The van der Waals surface area contributed by atoms with E-state index in [1.807, 2.05) is 6.08 Å². The van der Waals surface area contributed by atoms with Crippen LogP contribution in [0.15, 0.2) is 17.4 Å². The van der Waals surface area contributed by atoms with Crippen LogP contribution in [-0.2, 0) is 4.43 Å². The van der Waals surface area contributed by atoms with Gasteiger partial charge in [-0.25, -0.2) is 0 Å². The first-order chi connectivity index (χ1) is 9.60. The fourth-order valence-corrected chi connectivity index (χ4v) is 9.80. The summed E-state index contributed by atoms with van der Waals surface area (Å²) in [6.45, 7) is 21.9. The maximum atomic E-state index is 6.77. The van der Waals surface area contributed by atoms with Gasteiger partial charge in [0.25, 0.3) is 0 Å². The van der Waals surface area contributed by atoms with Crippen molar-refractivity contribution in [3.63, 3.8) is 0 Å². The van der Waals surface area contributed by atoms with Crippen LogP contribution in [0.4, 0.5) is 0 Å². The second-order valence-electron chi connectivity index (χ2n) is 8.16. The molecule has 1 aliphatic carbocycles. The molecule has 0 radical (unpaired) electrons. The Bertz CT molecular complexity index is 390. The summed E-state index contributed by atoms with van der Waals surface area (Å²) < 4.78 is 6.77. The Morgan fingerprint density at radius 1 is 1.14 bits per heavy atom. The Morgan fingerprint density at radius 2 is 1.62 bits per heavy atom. The van der Waals surface area contributed by atoms with Gasteiger partial charge in [0, 0.05) is 6.61 Å². The van der Waals surface area contributed by atoms with Gasteiger partial charge in [-0.2, -0.15) is 0 Å². The van der Waals surface area contributed by atoms with Crippen molar-refractivity contribution in [2.45, 2.75) is 85.4 Å². The van der Waals surface area contributed by atoms with Crippen molar-refractivity contribution >= 4 is 8.32 Å². The Hall–Kier alpha value is -0.303. The van der Waals surface area contributed by atoms with E-state index in [0.29, 0.717) is 22.5 Å². The molecule has 0 bridgehead atoms. The Morgan fingerprint density at radius 3 is 1.95 bits per heavy atom. The first-order valence-corrected chi connectivity index (χ1v) is 10.8. The SMILES string of the molecule is CC=C=C1CC(CO[Si](C(C)C)(C(C)C)C(C)C)C1(C)C. The molecule has 0 spiro atoms. The van der Waals surface area contributed by atoms with Gasteiger partial charge in [-0.05, 0) is 53.0 Å². The summed E-state index contributed by atoms with van der Waals surface area (Å²) in [5.41, 5.74) is 7.16. The minimum absolute atomic E-state index is 0.261. The summed E-state index contributed by atoms with van der Waals surface area (Å²) in [5.74, 6) is 0.656. The lowest BCUT2D eigenvalue weighted by atomic mass is 9.59. The van der Waals surface area contributed by atoms with E-state index < -0.39 is 8.32 Å². The number of hydrogen-bond acceptors (Lipinski definition) is 1. The Labute approximate surface area is 134 Å². The molecule has 1 aliphatic rings. The molecular formula is C19H36OSi. The number of hydrogen-bond donors (Lipinski definition) is 0. The fraction of sp³-hybridized carbons (Fsp3) is 0.842. The second kappa shape index (κ2) is 6.85. The average molecular weight is 309 g/mol. The maximum absolute atomic E-state index is 6.77. The Kier molecular flexibility index (Phi) is 6.12. The molecule has 1 fully saturated rings. The lowest BCUT2D eigenvalue weighted by molar-refractivity contribution is 0.0876. The number of rotatable bonds is 6. The molecule has 0 aromatic carbocycles. The molecule has 1 rings (SSSR count). The van der Waals surface area contributed by atoms with E-state index >= 15 is 0 Å². The first kappa shape index (κ1) is 18.7. The van der Waals surface area contributed by atoms with E-state index in [9.17, 15) is 0 Å². The molecule has 1 saturated carbocycles. The molecule has 0 aliphatic heterocycles. The zero-order valence-electron chi connectivity index (χ0n) is 15.7. The summed E-state index contributed by atoms with van der Waals surface area (Å²) in [6, 6.07) is 0. The van der Waals surface area contributed by atoms with Crippen molar-refractivity contribution in [3.05, 3.63) is 17.4 Å². The van der Waals surface area contributed by atoms with Crippen molar-refractivity contribution in [2.24, 2.45) is 11.3 Å². The monoisotopic (exact) mass is 308 g/mol. The highest BCUT2D eigenvalue weighted by Gasteiger charge is 2.48. The minimum Gasteiger partial charge on any atom is -0.416 e. The van der Waals surface area contributed by atoms with Gasteiger partial charge in [0.2, 0.25) is 0 Å². The van der Waals surface area contributed by atoms with Crippen LogP contribution in [0, 0.1) is 11.3 Å². The predicted octanol–water partition coefficient (Wildman–Crippen LogP) is 6.33. The Balaban J connectivity index is 2.84. The van der Waals surface area contributed by atoms with Crippen molar-refractivity contribution < 1.29 is 4.43 Å². The molecule has 122 valence electrons. The smallest absolute Gasteiger partial charge is 0.200 e. The van der Waals surface area contributed by atoms with E-state index in [2.05, 4.69) is 68.0 Å². The van der Waals surface area contributed by atoms with Crippen molar-refractivity contribution in [1.82, 2.24) is 0 Å². The van der Waals surface area contributed by atoms with Crippen LogP contribution < -0.4 is 0 Å². The summed E-state index contributed by atoms with van der Waals surface area (Å²) in [7, 11) is -1.71. The molecule has 21 heavy (non-hydrogen) atoms. The molecular weight excluding hydrogens is 272 g/mol. The maximum Gasteiger partial charge on any atom is 0.200 e. The normalized spacial score (nSPS) is 21.7. The second-order valence-corrected chi connectivity index (χ2v) is 13.6. The molecule has 0 aromatic heterocycles. The summed E-state index contributed by atoms with van der Waals surface area (Å²) >= 11 is 0. The first-order valence-electron chi connectivity index (χ1n) is 8.65. The van der Waals surface area contributed by atoms with Crippen LogP contribution in [0.1, 0.15) is 68.7 Å². The molecule has 0 aromatic rings. The molecule has 1 atom stereocenters. The minimum atomic E-state index is -1.71. The van der Waals surface area contributed by atoms with E-state index in [1.54, 1.807) is 0 Å². The van der Waals surface area contributed by atoms with Gasteiger partial charge in [-0.15, -0.1) is 5.73 Å². The zero-order valence-corrected chi connectivity index (χ0v) is 16.7. The average Bonchev–Trinajstić information content (AvgIpc) is 2.35. The molecule has 0 amide bonds. The molecule has 0 N–H and O–H groups in total. The van der Waals surface area contributed by atoms with Crippen LogP contribution in [0.2, 0.25) is 16.6 Å². The molecule has 0 saturated heterocycles. The quantitative estimate of drug-likeness (QED) is 0.412. The van der Waals surface area contributed by atoms with Crippen LogP contribution in [0.5, 0.6) is 0 Å². The van der Waals surface area contributed by atoms with Gasteiger partial charge < -0.3 is 4.43 Å². The zero-order chi connectivity index (χ0) is 16.4. The van der Waals surface area contributed by atoms with Crippen LogP contribution in [0.3, 0.4) is 0 Å². The van der Waals surface area contributed by atoms with Gasteiger partial charge in [-0.3, -0.25) is 0 Å². The van der Waals surface area contributed by atoms with Crippen molar-refractivity contribution in [1.29, 1.82) is 0 Å². The lowest BCUT2D eigenvalue weighted by Gasteiger charge is -2.49. The third-order valence-electron chi connectivity index (χ3n) is 5.81. The highest BCUT2D eigenvalue weighted by atomic mass is 28.4. The van der Waals surface area contributed by atoms with E-state index in [0.717, 1.165) is 13.0 Å². The van der Waals surface area contributed by atoms with Crippen LogP contribution >= 0.6 is 0 Å². The number of allylic oxidation sites excluding steroid dienone is 1. The third-order valence-corrected chi connectivity index (χ3v) is 11.9. The van der Waals surface area contributed by atoms with Crippen molar-refractivity contribution in [2.75, 3.05) is 6.61 Å². The van der Waals surface area contributed by atoms with Gasteiger partial charge in [-0.1, -0.05) is 55.4 Å². The van der Waals surface area contributed by atoms with Gasteiger partial charge >= 0.3 is 0 Å². The van der Waals surface area contributed by atoms with Gasteiger partial charge in [0.15, 0.2) is 8.32 Å². The highest BCUT2D eigenvalue weighted by Crippen LogP contribution is 2.52. The molecule has 0 heterocycles. The molecule has 1 unspecified atom stereocenters. The van der Waals surface area contributed by atoms with Gasteiger partial charge in [0.1, 0.15) is 0 Å². The molecule has 2 heteroatoms. The topological polar surface area (TPSA) is 9.23 Å². The van der Waals surface area contributed by atoms with Crippen LogP contribution in [-0.4, -0.2) is 14.9 Å². The van der Waals surface area contributed by atoms with E-state index in [-0.39, 0.29) is 5.41 Å². The van der Waals surface area contributed by atoms with E-state index in [4.69, 9.17) is 4.43 Å². The largest absolute Gasteiger partial charge is 0.416 e. The van der Waals surface area contributed by atoms with Gasteiger partial charge in [0.05, 0.1) is 0 Å². The van der Waals surface area contributed by atoms with E-state index in [1.165, 1.54) is 5.57 Å². The lowest BCUT2D eigenvalue weighted by Crippen LogP contribution is -2.51. The fourth-order valence-electron chi connectivity index (χ4n) is 4.31. The van der Waals surface area contributed by atoms with Crippen molar-refractivity contribution in [3.8, 4) is 0 Å². The third kappa shape index (κ3) is 3.38. The molecule has 1 nitrogen and oxygen atoms in total. The summed E-state index contributed by atoms with van der Waals surface area (Å²) in [6.07, 6.45) is 3.21. The standard InChI is InChI=1S/C19H36OSi/c1-10-11-17-12-18(19(17,8)9)13-20-21(14(2)3,15(4)5)16(6)7/h10,14-16,18H,12-13H2,1-9H3. The summed E-state index contributed by atoms with van der Waals surface area (Å²) in [4.78, 5) is 0. The summed E-state index contributed by atoms with van der Waals surface area (Å²) in [5, 5.41) is 0.